The molecule has 0 unspecified atom stereocenters. The maximum Gasteiger partial charge on any atom is 0.241 e. The first kappa shape index (κ1) is 13.1. The van der Waals surface area contributed by atoms with E-state index in [1.165, 1.54) is 24.6 Å². The van der Waals surface area contributed by atoms with E-state index in [-0.39, 0.29) is 10.9 Å². The van der Waals surface area contributed by atoms with Crippen LogP contribution in [0, 0.1) is 24.6 Å². The van der Waals surface area contributed by atoms with Gasteiger partial charge < -0.3 is 0 Å². The lowest BCUT2D eigenvalue weighted by Gasteiger charge is -2.23. The molecule has 0 aliphatic heterocycles. The van der Waals surface area contributed by atoms with Gasteiger partial charge in [-0.1, -0.05) is 6.42 Å². The van der Waals surface area contributed by atoms with Gasteiger partial charge in [-0.25, -0.2) is 17.5 Å². The quantitative estimate of drug-likeness (QED) is 0.927. The predicted octanol–water partition coefficient (Wildman–Crippen LogP) is 2.60. The van der Waals surface area contributed by atoms with Crippen molar-refractivity contribution in [3.05, 3.63) is 29.6 Å². The van der Waals surface area contributed by atoms with Crippen LogP contribution in [0.15, 0.2) is 23.1 Å². The van der Waals surface area contributed by atoms with E-state index in [4.69, 9.17) is 0 Å². The van der Waals surface area contributed by atoms with Crippen molar-refractivity contribution in [1.82, 2.24) is 4.72 Å². The maximum atomic E-state index is 13.0. The van der Waals surface area contributed by atoms with Crippen molar-refractivity contribution in [3.63, 3.8) is 0 Å². The highest BCUT2D eigenvalue weighted by molar-refractivity contribution is 7.89. The molecule has 3 rings (SSSR count). The SMILES string of the molecule is Cc1cc(F)ccc1S(=O)(=O)N[C@@H]1C[C@H]2CC[C@H]1C2. The number of sulfonamides is 1. The number of fused-ring (bicyclic) bond motifs is 2. The zero-order valence-electron chi connectivity index (χ0n) is 10.9. The highest BCUT2D eigenvalue weighted by atomic mass is 32.2. The van der Waals surface area contributed by atoms with E-state index < -0.39 is 15.8 Å². The van der Waals surface area contributed by atoms with Gasteiger partial charge in [0.15, 0.2) is 0 Å². The van der Waals surface area contributed by atoms with Crippen LogP contribution in [-0.2, 0) is 10.0 Å². The molecule has 0 amide bonds. The summed E-state index contributed by atoms with van der Waals surface area (Å²) < 4.78 is 40.6. The van der Waals surface area contributed by atoms with E-state index in [0.717, 1.165) is 19.3 Å². The van der Waals surface area contributed by atoms with E-state index >= 15 is 0 Å². The average Bonchev–Trinajstić information content (AvgIpc) is 2.89. The molecule has 3 nitrogen and oxygen atoms in total. The van der Waals surface area contributed by atoms with Gasteiger partial charge in [0.1, 0.15) is 5.82 Å². The highest BCUT2D eigenvalue weighted by Crippen LogP contribution is 2.44. The van der Waals surface area contributed by atoms with Crippen LogP contribution in [-0.4, -0.2) is 14.5 Å². The van der Waals surface area contributed by atoms with Crippen LogP contribution in [0.4, 0.5) is 4.39 Å². The Morgan fingerprint density at radius 3 is 2.63 bits per heavy atom. The van der Waals surface area contributed by atoms with E-state index in [9.17, 15) is 12.8 Å². The van der Waals surface area contributed by atoms with Gasteiger partial charge in [-0.2, -0.15) is 0 Å². The second-order valence-corrected chi connectivity index (χ2v) is 7.49. The average molecular weight is 283 g/mol. The largest absolute Gasteiger partial charge is 0.241 e. The summed E-state index contributed by atoms with van der Waals surface area (Å²) >= 11 is 0. The Morgan fingerprint density at radius 2 is 2.05 bits per heavy atom. The number of nitrogens with one attached hydrogen (secondary N) is 1. The van der Waals surface area contributed by atoms with Crippen LogP contribution in [0.25, 0.3) is 0 Å². The predicted molar refractivity (Wildman–Crippen MR) is 70.7 cm³/mol. The molecular weight excluding hydrogens is 265 g/mol. The summed E-state index contributed by atoms with van der Waals surface area (Å²) in [5.41, 5.74) is 0.454. The lowest BCUT2D eigenvalue weighted by atomic mass is 9.96. The molecule has 2 aliphatic carbocycles. The van der Waals surface area contributed by atoms with Gasteiger partial charge in [0.25, 0.3) is 0 Å². The second-order valence-electron chi connectivity index (χ2n) is 5.81. The van der Waals surface area contributed by atoms with Crippen molar-refractivity contribution < 1.29 is 12.8 Å². The van der Waals surface area contributed by atoms with E-state index in [1.807, 2.05) is 0 Å². The minimum atomic E-state index is -3.53. The third kappa shape index (κ3) is 2.41. The van der Waals surface area contributed by atoms with Crippen molar-refractivity contribution >= 4 is 10.0 Å². The van der Waals surface area contributed by atoms with E-state index in [0.29, 0.717) is 17.4 Å². The summed E-state index contributed by atoms with van der Waals surface area (Å²) in [5, 5.41) is 0. The van der Waals surface area contributed by atoms with Gasteiger partial charge in [0.05, 0.1) is 4.90 Å². The fourth-order valence-corrected chi connectivity index (χ4v) is 5.11. The van der Waals surface area contributed by atoms with Crippen molar-refractivity contribution in [2.45, 2.75) is 43.5 Å². The maximum absolute atomic E-state index is 13.0. The Bertz CT molecular complexity index is 599. The number of halogens is 1. The van der Waals surface area contributed by atoms with Crippen LogP contribution in [0.2, 0.25) is 0 Å². The smallest absolute Gasteiger partial charge is 0.208 e. The van der Waals surface area contributed by atoms with Crippen LogP contribution < -0.4 is 4.72 Å². The third-order valence-corrected chi connectivity index (χ3v) is 6.12. The van der Waals surface area contributed by atoms with E-state index in [2.05, 4.69) is 4.72 Å². The van der Waals surface area contributed by atoms with Gasteiger partial charge in [-0.15, -0.1) is 0 Å². The van der Waals surface area contributed by atoms with Gasteiger partial charge in [0.2, 0.25) is 10.0 Å². The Labute approximate surface area is 113 Å². The highest BCUT2D eigenvalue weighted by Gasteiger charge is 2.41. The molecule has 2 fully saturated rings. The molecule has 2 saturated carbocycles. The first-order valence-electron chi connectivity index (χ1n) is 6.74. The molecule has 1 aromatic carbocycles. The zero-order chi connectivity index (χ0) is 13.6. The molecule has 1 N–H and O–H groups in total. The Kier molecular flexibility index (Phi) is 3.14. The molecule has 104 valence electrons. The zero-order valence-corrected chi connectivity index (χ0v) is 11.7. The Hall–Kier alpha value is -0.940. The molecule has 0 radical (unpaired) electrons. The molecule has 0 aromatic heterocycles. The molecular formula is C14H18FNO2S. The van der Waals surface area contributed by atoms with E-state index in [1.54, 1.807) is 6.92 Å². The lowest BCUT2D eigenvalue weighted by molar-refractivity contribution is 0.390. The summed E-state index contributed by atoms with van der Waals surface area (Å²) in [6.45, 7) is 1.62. The molecule has 1 aromatic rings. The van der Waals surface area contributed by atoms with Crippen molar-refractivity contribution in [2.24, 2.45) is 11.8 Å². The molecule has 19 heavy (non-hydrogen) atoms. The first-order valence-corrected chi connectivity index (χ1v) is 8.22. The third-order valence-electron chi connectivity index (χ3n) is 4.47. The van der Waals surface area contributed by atoms with Crippen LogP contribution in [0.3, 0.4) is 0 Å². The van der Waals surface area contributed by atoms with Crippen LogP contribution in [0.1, 0.15) is 31.2 Å². The minimum absolute atomic E-state index is 0.0632. The number of aryl methyl sites for hydroxylation is 1. The fourth-order valence-electron chi connectivity index (χ4n) is 3.57. The molecule has 0 saturated heterocycles. The number of rotatable bonds is 3. The van der Waals surface area contributed by atoms with Gasteiger partial charge >= 0.3 is 0 Å². The molecule has 0 heterocycles. The fraction of sp³-hybridized carbons (Fsp3) is 0.571. The lowest BCUT2D eigenvalue weighted by Crippen LogP contribution is -2.38. The van der Waals surface area contributed by atoms with Crippen molar-refractivity contribution in [1.29, 1.82) is 0 Å². The normalized spacial score (nSPS) is 29.9. The topological polar surface area (TPSA) is 46.2 Å². The number of hydrogen-bond acceptors (Lipinski definition) is 2. The summed E-state index contributed by atoms with van der Waals surface area (Å²) in [5.74, 6) is 0.768. The Balaban J connectivity index is 1.83. The molecule has 2 bridgehead atoms. The number of benzene rings is 1. The van der Waals surface area contributed by atoms with Crippen LogP contribution in [0.5, 0.6) is 0 Å². The second kappa shape index (κ2) is 4.56. The standard InChI is InChI=1S/C14H18FNO2S/c1-9-6-12(15)4-5-14(9)19(17,18)16-13-8-10-2-3-11(13)7-10/h4-6,10-11,13,16H,2-3,7-8H2,1H3/t10-,11-,13+/m0/s1. The van der Waals surface area contributed by atoms with Gasteiger partial charge in [-0.05, 0) is 61.8 Å². The van der Waals surface area contributed by atoms with Crippen molar-refractivity contribution in [2.75, 3.05) is 0 Å². The summed E-state index contributed by atoms with van der Waals surface area (Å²) in [7, 11) is -3.53. The van der Waals surface area contributed by atoms with Crippen molar-refractivity contribution in [3.8, 4) is 0 Å². The summed E-state index contributed by atoms with van der Waals surface area (Å²) in [6.07, 6.45) is 4.46. The van der Waals surface area contributed by atoms with Crippen LogP contribution >= 0.6 is 0 Å². The van der Waals surface area contributed by atoms with Gasteiger partial charge in [-0.3, -0.25) is 0 Å². The minimum Gasteiger partial charge on any atom is -0.208 e. The monoisotopic (exact) mass is 283 g/mol. The molecule has 0 spiro atoms. The summed E-state index contributed by atoms with van der Waals surface area (Å²) in [4.78, 5) is 0.191. The summed E-state index contributed by atoms with van der Waals surface area (Å²) in [6, 6.07) is 3.87. The molecule has 3 atom stereocenters. The number of hydrogen-bond donors (Lipinski definition) is 1. The molecule has 5 heteroatoms. The first-order chi connectivity index (χ1) is 8.95. The Morgan fingerprint density at radius 1 is 1.26 bits per heavy atom. The molecule has 2 aliphatic rings. The van der Waals surface area contributed by atoms with Gasteiger partial charge in [0, 0.05) is 6.04 Å².